The minimum absolute atomic E-state index is 0.0262. The summed E-state index contributed by atoms with van der Waals surface area (Å²) in [6.45, 7) is 1.98. The minimum Gasteiger partial charge on any atom is -0.378 e. The Morgan fingerprint density at radius 2 is 1.81 bits per heavy atom. The Labute approximate surface area is 164 Å². The molecule has 2 aromatic carbocycles. The van der Waals surface area contributed by atoms with Crippen molar-refractivity contribution in [3.05, 3.63) is 54.1 Å². The fourth-order valence-electron chi connectivity index (χ4n) is 3.04. The summed E-state index contributed by atoms with van der Waals surface area (Å²) < 4.78 is 0. The van der Waals surface area contributed by atoms with Crippen molar-refractivity contribution in [1.29, 1.82) is 0 Å². The van der Waals surface area contributed by atoms with E-state index in [-0.39, 0.29) is 17.2 Å². The second-order valence-electron chi connectivity index (χ2n) is 6.76. The van der Waals surface area contributed by atoms with Gasteiger partial charge in [-0.1, -0.05) is 19.1 Å². The molecule has 2 aromatic rings. The second kappa shape index (κ2) is 8.48. The average molecular weight is 384 g/mol. The molecule has 0 saturated carbocycles. The highest BCUT2D eigenvalue weighted by Gasteiger charge is 2.34. The summed E-state index contributed by atoms with van der Waals surface area (Å²) in [6.07, 6.45) is 1.35. The van der Waals surface area contributed by atoms with Crippen molar-refractivity contribution >= 4 is 40.6 Å². The summed E-state index contributed by atoms with van der Waals surface area (Å²) in [7, 11) is 3.99. The number of hydrogen-bond acceptors (Lipinski definition) is 4. The first-order chi connectivity index (χ1) is 13.0. The summed E-state index contributed by atoms with van der Waals surface area (Å²) in [6, 6.07) is 15.8. The molecule has 1 N–H and O–H groups in total. The van der Waals surface area contributed by atoms with E-state index >= 15 is 0 Å². The zero-order valence-corrected chi connectivity index (χ0v) is 16.8. The molecule has 1 aliphatic heterocycles. The van der Waals surface area contributed by atoms with E-state index in [0.29, 0.717) is 12.2 Å². The van der Waals surface area contributed by atoms with Gasteiger partial charge >= 0.3 is 0 Å². The van der Waals surface area contributed by atoms with Gasteiger partial charge in [0.25, 0.3) is 0 Å². The molecule has 0 bridgehead atoms. The van der Waals surface area contributed by atoms with Crippen LogP contribution in [0, 0.1) is 0 Å². The molecule has 1 saturated heterocycles. The van der Waals surface area contributed by atoms with Crippen LogP contribution in [0.2, 0.25) is 0 Å². The van der Waals surface area contributed by atoms with Gasteiger partial charge in [0, 0.05) is 37.6 Å². The number of thioether (sulfide) groups is 1. The molecule has 1 fully saturated rings. The summed E-state index contributed by atoms with van der Waals surface area (Å²) in [5, 5.41) is 2.85. The van der Waals surface area contributed by atoms with Crippen molar-refractivity contribution in [1.82, 2.24) is 0 Å². The van der Waals surface area contributed by atoms with Crippen molar-refractivity contribution in [2.75, 3.05) is 35.0 Å². The van der Waals surface area contributed by atoms with Crippen LogP contribution in [0.3, 0.4) is 0 Å². The zero-order chi connectivity index (χ0) is 19.4. The normalized spacial score (nSPS) is 16.5. The predicted octanol–water partition coefficient (Wildman–Crippen LogP) is 4.27. The Bertz CT molecular complexity index is 803. The van der Waals surface area contributed by atoms with E-state index < -0.39 is 0 Å². The van der Waals surface area contributed by atoms with Gasteiger partial charge in [0.15, 0.2) is 0 Å². The Kier molecular flexibility index (Phi) is 6.06. The van der Waals surface area contributed by atoms with Gasteiger partial charge in [0.1, 0.15) is 5.37 Å². The van der Waals surface area contributed by atoms with Crippen LogP contribution in [0.15, 0.2) is 48.5 Å². The van der Waals surface area contributed by atoms with Crippen molar-refractivity contribution in [2.24, 2.45) is 0 Å². The van der Waals surface area contributed by atoms with Crippen LogP contribution in [0.1, 0.15) is 30.7 Å². The van der Waals surface area contributed by atoms with E-state index in [2.05, 4.69) is 5.32 Å². The lowest BCUT2D eigenvalue weighted by atomic mass is 10.1. The van der Waals surface area contributed by atoms with Gasteiger partial charge in [-0.15, -0.1) is 11.8 Å². The van der Waals surface area contributed by atoms with Crippen molar-refractivity contribution < 1.29 is 9.59 Å². The molecule has 1 unspecified atom stereocenters. The van der Waals surface area contributed by atoms with Gasteiger partial charge < -0.3 is 10.2 Å². The van der Waals surface area contributed by atoms with Crippen LogP contribution in [0.5, 0.6) is 0 Å². The number of carbonyl (C=O) groups excluding carboxylic acids is 2. The van der Waals surface area contributed by atoms with Gasteiger partial charge in [0.05, 0.1) is 5.75 Å². The molecular formula is C21H25N3O2S. The molecule has 0 spiro atoms. The Balaban J connectivity index is 1.78. The minimum atomic E-state index is -0.0527. The zero-order valence-electron chi connectivity index (χ0n) is 15.9. The van der Waals surface area contributed by atoms with E-state index in [1.54, 1.807) is 11.8 Å². The van der Waals surface area contributed by atoms with E-state index in [1.807, 2.05) is 79.3 Å². The highest BCUT2D eigenvalue weighted by atomic mass is 32.2. The number of nitrogens with one attached hydrogen (secondary N) is 1. The van der Waals surface area contributed by atoms with Crippen molar-refractivity contribution in [3.63, 3.8) is 0 Å². The third-order valence-corrected chi connectivity index (χ3v) is 5.68. The third kappa shape index (κ3) is 4.45. The lowest BCUT2D eigenvalue weighted by Crippen LogP contribution is -2.27. The molecule has 27 heavy (non-hydrogen) atoms. The van der Waals surface area contributed by atoms with E-state index in [1.165, 1.54) is 0 Å². The topological polar surface area (TPSA) is 52.7 Å². The molecular weight excluding hydrogens is 358 g/mol. The molecule has 2 amide bonds. The SMILES string of the molecule is CCCC(=O)Nc1ccc(C2SCC(=O)N2c2ccc(N(C)C)cc2)cc1. The standard InChI is InChI=1S/C21H25N3O2S/c1-4-5-19(25)22-16-8-6-15(7-9-16)21-24(20(26)14-27-21)18-12-10-17(11-13-18)23(2)3/h6-13,21H,4-5,14H2,1-3H3,(H,22,25). The monoisotopic (exact) mass is 383 g/mol. The second-order valence-corrected chi connectivity index (χ2v) is 7.83. The van der Waals surface area contributed by atoms with E-state index in [9.17, 15) is 9.59 Å². The molecule has 142 valence electrons. The summed E-state index contributed by atoms with van der Waals surface area (Å²) >= 11 is 1.62. The van der Waals surface area contributed by atoms with Crippen LogP contribution >= 0.6 is 11.8 Å². The molecule has 6 heteroatoms. The first kappa shape index (κ1) is 19.3. The summed E-state index contributed by atoms with van der Waals surface area (Å²) in [5.41, 5.74) is 3.84. The van der Waals surface area contributed by atoms with Crippen molar-refractivity contribution in [3.8, 4) is 0 Å². The fourth-order valence-corrected chi connectivity index (χ4v) is 4.22. The molecule has 0 radical (unpaired) electrons. The number of anilines is 3. The van der Waals surface area contributed by atoms with E-state index in [4.69, 9.17) is 0 Å². The molecule has 3 rings (SSSR count). The quantitative estimate of drug-likeness (QED) is 0.809. The molecule has 1 aliphatic rings. The van der Waals surface area contributed by atoms with Crippen LogP contribution in [0.4, 0.5) is 17.1 Å². The van der Waals surface area contributed by atoms with Crippen molar-refractivity contribution in [2.45, 2.75) is 25.1 Å². The van der Waals surface area contributed by atoms with Gasteiger partial charge in [-0.3, -0.25) is 14.5 Å². The Hall–Kier alpha value is -2.47. The highest BCUT2D eigenvalue weighted by molar-refractivity contribution is 8.00. The molecule has 5 nitrogen and oxygen atoms in total. The molecule has 0 aliphatic carbocycles. The maximum Gasteiger partial charge on any atom is 0.238 e. The lowest BCUT2D eigenvalue weighted by Gasteiger charge is -2.25. The van der Waals surface area contributed by atoms with Crippen LogP contribution < -0.4 is 15.1 Å². The van der Waals surface area contributed by atoms with E-state index in [0.717, 1.165) is 29.0 Å². The first-order valence-corrected chi connectivity index (χ1v) is 10.2. The van der Waals surface area contributed by atoms with Gasteiger partial charge in [-0.2, -0.15) is 0 Å². The predicted molar refractivity (Wildman–Crippen MR) is 113 cm³/mol. The smallest absolute Gasteiger partial charge is 0.238 e. The first-order valence-electron chi connectivity index (χ1n) is 9.10. The van der Waals surface area contributed by atoms with Crippen LogP contribution in [0.25, 0.3) is 0 Å². The Morgan fingerprint density at radius 3 is 2.41 bits per heavy atom. The van der Waals surface area contributed by atoms with Gasteiger partial charge in [0.2, 0.25) is 11.8 Å². The number of nitrogens with zero attached hydrogens (tertiary/aromatic N) is 2. The highest BCUT2D eigenvalue weighted by Crippen LogP contribution is 2.42. The lowest BCUT2D eigenvalue weighted by molar-refractivity contribution is -0.116. The van der Waals surface area contributed by atoms with Crippen LogP contribution in [-0.4, -0.2) is 31.7 Å². The fraction of sp³-hybridized carbons (Fsp3) is 0.333. The number of amides is 2. The summed E-state index contributed by atoms with van der Waals surface area (Å²) in [4.78, 5) is 28.1. The molecule has 1 atom stereocenters. The number of rotatable bonds is 6. The molecule has 1 heterocycles. The largest absolute Gasteiger partial charge is 0.378 e. The Morgan fingerprint density at radius 1 is 1.15 bits per heavy atom. The number of carbonyl (C=O) groups is 2. The maximum absolute atomic E-state index is 12.5. The maximum atomic E-state index is 12.5. The van der Waals surface area contributed by atoms with Gasteiger partial charge in [-0.25, -0.2) is 0 Å². The third-order valence-electron chi connectivity index (χ3n) is 4.47. The number of benzene rings is 2. The number of hydrogen-bond donors (Lipinski definition) is 1. The van der Waals surface area contributed by atoms with Gasteiger partial charge in [-0.05, 0) is 48.4 Å². The molecule has 0 aromatic heterocycles. The summed E-state index contributed by atoms with van der Waals surface area (Å²) in [5.74, 6) is 0.607. The van der Waals surface area contributed by atoms with Crippen LogP contribution in [-0.2, 0) is 9.59 Å². The average Bonchev–Trinajstić information content (AvgIpc) is 3.04.